The minimum Gasteiger partial charge on any atom is -0.482 e. The van der Waals surface area contributed by atoms with Crippen LogP contribution in [0.2, 0.25) is 5.02 Å². The fourth-order valence-corrected chi connectivity index (χ4v) is 1.89. The van der Waals surface area contributed by atoms with Crippen LogP contribution in [0.25, 0.3) is 0 Å². The fraction of sp³-hybridized carbons (Fsp3) is 0.429. The minimum absolute atomic E-state index is 0.0837. The van der Waals surface area contributed by atoms with Crippen molar-refractivity contribution < 1.29 is 9.53 Å². The van der Waals surface area contributed by atoms with Crippen LogP contribution in [-0.4, -0.2) is 18.6 Å². The van der Waals surface area contributed by atoms with Gasteiger partial charge in [0.25, 0.3) is 5.91 Å². The Morgan fingerprint density at radius 3 is 2.89 bits per heavy atom. The van der Waals surface area contributed by atoms with Gasteiger partial charge in [0, 0.05) is 6.04 Å². The van der Waals surface area contributed by atoms with Gasteiger partial charge in [0.1, 0.15) is 5.75 Å². The van der Waals surface area contributed by atoms with Gasteiger partial charge in [0.15, 0.2) is 6.61 Å². The molecule has 1 aromatic rings. The summed E-state index contributed by atoms with van der Waals surface area (Å²) in [4.78, 5) is 11.6. The van der Waals surface area contributed by atoms with Crippen molar-refractivity contribution in [3.05, 3.63) is 28.8 Å². The predicted octanol–water partition coefficient (Wildman–Crippen LogP) is 2.90. The molecular weight excluding hydrogens is 264 g/mol. The third-order valence-electron chi connectivity index (χ3n) is 2.55. The van der Waals surface area contributed by atoms with Crippen LogP contribution in [0.15, 0.2) is 18.2 Å². The number of hydrogen-bond donors (Lipinski definition) is 1. The number of rotatable bonds is 6. The first-order valence-electron chi connectivity index (χ1n) is 6.18. The zero-order valence-corrected chi connectivity index (χ0v) is 11.8. The van der Waals surface area contributed by atoms with E-state index in [4.69, 9.17) is 21.6 Å². The van der Waals surface area contributed by atoms with E-state index in [-0.39, 0.29) is 18.6 Å². The van der Waals surface area contributed by atoms with Gasteiger partial charge in [-0.2, -0.15) is 5.26 Å². The van der Waals surface area contributed by atoms with E-state index in [0.717, 1.165) is 12.8 Å². The topological polar surface area (TPSA) is 62.1 Å². The van der Waals surface area contributed by atoms with Crippen LogP contribution >= 0.6 is 11.6 Å². The van der Waals surface area contributed by atoms with E-state index in [1.807, 2.05) is 13.0 Å². The maximum absolute atomic E-state index is 11.6. The molecule has 0 unspecified atom stereocenters. The van der Waals surface area contributed by atoms with Crippen LogP contribution < -0.4 is 10.1 Å². The number of benzene rings is 1. The van der Waals surface area contributed by atoms with Crippen LogP contribution in [0.3, 0.4) is 0 Å². The Balaban J connectivity index is 2.49. The molecular formula is C14H17ClN2O2. The molecule has 0 fully saturated rings. The minimum atomic E-state index is -0.179. The first-order chi connectivity index (χ1) is 9.06. The number of nitrogens with zero attached hydrogens (tertiary/aromatic N) is 1. The van der Waals surface area contributed by atoms with Crippen LogP contribution in [0, 0.1) is 11.3 Å². The molecule has 5 heteroatoms. The number of hydrogen-bond acceptors (Lipinski definition) is 3. The Labute approximate surface area is 118 Å². The Bertz CT molecular complexity index is 483. The molecule has 0 aliphatic carbocycles. The van der Waals surface area contributed by atoms with Crippen molar-refractivity contribution in [2.24, 2.45) is 0 Å². The van der Waals surface area contributed by atoms with Crippen molar-refractivity contribution in [3.8, 4) is 11.8 Å². The summed E-state index contributed by atoms with van der Waals surface area (Å²) >= 11 is 5.94. The first kappa shape index (κ1) is 15.3. The summed E-state index contributed by atoms with van der Waals surface area (Å²) in [5, 5.41) is 11.9. The van der Waals surface area contributed by atoms with Crippen LogP contribution in [0.5, 0.6) is 5.75 Å². The molecule has 1 aromatic carbocycles. The molecule has 1 atom stereocenters. The van der Waals surface area contributed by atoms with Gasteiger partial charge in [-0.15, -0.1) is 0 Å². The first-order valence-corrected chi connectivity index (χ1v) is 6.56. The zero-order chi connectivity index (χ0) is 14.3. The van der Waals surface area contributed by atoms with E-state index in [2.05, 4.69) is 12.2 Å². The van der Waals surface area contributed by atoms with Gasteiger partial charge in [0.05, 0.1) is 16.7 Å². The molecule has 0 radical (unpaired) electrons. The summed E-state index contributed by atoms with van der Waals surface area (Å²) < 4.78 is 5.32. The SMILES string of the molecule is CCC[C@@H](C)NC(=O)COc1ccc(C#N)cc1Cl. The second-order valence-electron chi connectivity index (χ2n) is 4.30. The number of nitrogens with one attached hydrogen (secondary N) is 1. The average Bonchev–Trinajstić information content (AvgIpc) is 2.37. The molecule has 4 nitrogen and oxygen atoms in total. The molecule has 0 saturated carbocycles. The zero-order valence-electron chi connectivity index (χ0n) is 11.1. The number of carbonyl (C=O) groups excluding carboxylic acids is 1. The normalized spacial score (nSPS) is 11.5. The standard InChI is InChI=1S/C14H17ClN2O2/c1-3-4-10(2)17-14(18)9-19-13-6-5-11(8-16)7-12(13)15/h5-7,10H,3-4,9H2,1-2H3,(H,17,18)/t10-/m1/s1. The monoisotopic (exact) mass is 280 g/mol. The number of ether oxygens (including phenoxy) is 1. The lowest BCUT2D eigenvalue weighted by molar-refractivity contribution is -0.123. The van der Waals surface area contributed by atoms with Crippen molar-refractivity contribution in [1.82, 2.24) is 5.32 Å². The number of amides is 1. The van der Waals surface area contributed by atoms with Gasteiger partial charge in [-0.1, -0.05) is 24.9 Å². The lowest BCUT2D eigenvalue weighted by Crippen LogP contribution is -2.35. The van der Waals surface area contributed by atoms with Crippen LogP contribution in [0.4, 0.5) is 0 Å². The lowest BCUT2D eigenvalue weighted by Gasteiger charge is -2.13. The van der Waals surface area contributed by atoms with Gasteiger partial charge >= 0.3 is 0 Å². The molecule has 0 aromatic heterocycles. The van der Waals surface area contributed by atoms with E-state index in [0.29, 0.717) is 16.3 Å². The quantitative estimate of drug-likeness (QED) is 0.871. The van der Waals surface area contributed by atoms with E-state index in [9.17, 15) is 4.79 Å². The Kier molecular flexibility index (Phi) is 6.17. The molecule has 1 N–H and O–H groups in total. The Hall–Kier alpha value is -1.73. The molecule has 0 heterocycles. The summed E-state index contributed by atoms with van der Waals surface area (Å²) in [6, 6.07) is 6.81. The number of halogens is 1. The van der Waals surface area contributed by atoms with Gasteiger partial charge < -0.3 is 10.1 Å². The summed E-state index contributed by atoms with van der Waals surface area (Å²) in [5.74, 6) is 0.223. The highest BCUT2D eigenvalue weighted by Gasteiger charge is 2.09. The van der Waals surface area contributed by atoms with E-state index in [1.165, 1.54) is 6.07 Å². The molecule has 19 heavy (non-hydrogen) atoms. The van der Waals surface area contributed by atoms with Gasteiger partial charge in [-0.25, -0.2) is 0 Å². The van der Waals surface area contributed by atoms with Gasteiger partial charge in [0.2, 0.25) is 0 Å². The van der Waals surface area contributed by atoms with Gasteiger partial charge in [-0.3, -0.25) is 4.79 Å². The van der Waals surface area contributed by atoms with Crippen LogP contribution in [0.1, 0.15) is 32.3 Å². The maximum atomic E-state index is 11.6. The highest BCUT2D eigenvalue weighted by Crippen LogP contribution is 2.24. The maximum Gasteiger partial charge on any atom is 0.258 e. The van der Waals surface area contributed by atoms with Crippen molar-refractivity contribution in [1.29, 1.82) is 5.26 Å². The summed E-state index contributed by atoms with van der Waals surface area (Å²) in [6.07, 6.45) is 1.95. The van der Waals surface area contributed by atoms with E-state index < -0.39 is 0 Å². The van der Waals surface area contributed by atoms with Crippen LogP contribution in [-0.2, 0) is 4.79 Å². The largest absolute Gasteiger partial charge is 0.482 e. The molecule has 0 spiro atoms. The number of carbonyl (C=O) groups is 1. The third kappa shape index (κ3) is 5.19. The van der Waals surface area contributed by atoms with Crippen molar-refractivity contribution in [2.45, 2.75) is 32.7 Å². The molecule has 0 aliphatic rings. The summed E-state index contributed by atoms with van der Waals surface area (Å²) in [6.45, 7) is 3.94. The molecule has 0 aliphatic heterocycles. The van der Waals surface area contributed by atoms with Crippen molar-refractivity contribution in [3.63, 3.8) is 0 Å². The third-order valence-corrected chi connectivity index (χ3v) is 2.84. The highest BCUT2D eigenvalue weighted by molar-refractivity contribution is 6.32. The average molecular weight is 281 g/mol. The fourth-order valence-electron chi connectivity index (χ4n) is 1.65. The molecule has 0 bridgehead atoms. The molecule has 1 amide bonds. The summed E-state index contributed by atoms with van der Waals surface area (Å²) in [7, 11) is 0. The second kappa shape index (κ2) is 7.65. The molecule has 1 rings (SSSR count). The van der Waals surface area contributed by atoms with E-state index >= 15 is 0 Å². The summed E-state index contributed by atoms with van der Waals surface area (Å²) in [5.41, 5.74) is 0.457. The van der Waals surface area contributed by atoms with Crippen molar-refractivity contribution >= 4 is 17.5 Å². The lowest BCUT2D eigenvalue weighted by atomic mass is 10.2. The smallest absolute Gasteiger partial charge is 0.258 e. The van der Waals surface area contributed by atoms with Gasteiger partial charge in [-0.05, 0) is 31.5 Å². The predicted molar refractivity (Wildman–Crippen MR) is 74.2 cm³/mol. The Morgan fingerprint density at radius 2 is 2.32 bits per heavy atom. The molecule has 0 saturated heterocycles. The van der Waals surface area contributed by atoms with E-state index in [1.54, 1.807) is 12.1 Å². The highest BCUT2D eigenvalue weighted by atomic mass is 35.5. The van der Waals surface area contributed by atoms with Crippen molar-refractivity contribution in [2.75, 3.05) is 6.61 Å². The second-order valence-corrected chi connectivity index (χ2v) is 4.71. The number of nitriles is 1. The Morgan fingerprint density at radius 1 is 1.58 bits per heavy atom. The molecule has 102 valence electrons.